The van der Waals surface area contributed by atoms with Gasteiger partial charge < -0.3 is 39.0 Å². The quantitative estimate of drug-likeness (QED) is 0.259. The number of likely N-dealkylation sites (tertiary alicyclic amines) is 1. The Kier molecular flexibility index (Phi) is 12.6. The normalized spacial score (nSPS) is 22.8. The summed E-state index contributed by atoms with van der Waals surface area (Å²) in [7, 11) is 1.63. The Hall–Kier alpha value is -3.38. The average molecular weight is 713 g/mol. The van der Waals surface area contributed by atoms with E-state index in [2.05, 4.69) is 5.32 Å². The zero-order valence-electron chi connectivity index (χ0n) is 31.8. The van der Waals surface area contributed by atoms with Gasteiger partial charge in [0.25, 0.3) is 5.91 Å². The molecule has 3 fully saturated rings. The first kappa shape index (κ1) is 38.8. The van der Waals surface area contributed by atoms with Crippen LogP contribution in [0.15, 0.2) is 18.2 Å². The molecule has 0 spiro atoms. The van der Waals surface area contributed by atoms with Crippen LogP contribution in [0.5, 0.6) is 5.75 Å². The summed E-state index contributed by atoms with van der Waals surface area (Å²) >= 11 is 0. The third kappa shape index (κ3) is 9.74. The maximum absolute atomic E-state index is 14.7. The van der Waals surface area contributed by atoms with Crippen molar-refractivity contribution in [3.8, 4) is 5.75 Å². The van der Waals surface area contributed by atoms with Crippen molar-refractivity contribution < 1.29 is 38.1 Å². The van der Waals surface area contributed by atoms with Crippen LogP contribution in [0, 0.1) is 17.8 Å². The van der Waals surface area contributed by atoms with Gasteiger partial charge in [0.05, 0.1) is 30.2 Å². The van der Waals surface area contributed by atoms with Gasteiger partial charge in [-0.05, 0) is 104 Å². The second kappa shape index (κ2) is 16.5. The minimum Gasteiger partial charge on any atom is -0.476 e. The largest absolute Gasteiger partial charge is 0.476 e. The standard InChI is InChI=1S/C39H60N4O8/c1-8-49-25-31(26-13-10-9-11-14-26)40-34(44)27-21-28(24-41(23-27)37(47)51-38(2,3)4)35(45)43(29-15-16-29)30-17-18-33-32(22-30)42(19-12-20-48-7)36(46)39(5,6)50-33/h17-18,22,26-29,31H,8-16,19-21,23-25H2,1-7H3,(H,40,44)/t27-,28+,31-/m0/s1. The van der Waals surface area contributed by atoms with Crippen LogP contribution in [-0.4, -0.2) is 98.6 Å². The molecule has 0 radical (unpaired) electrons. The van der Waals surface area contributed by atoms with E-state index in [4.69, 9.17) is 18.9 Å². The first-order chi connectivity index (χ1) is 24.2. The molecule has 5 rings (SSSR count). The maximum atomic E-state index is 14.7. The van der Waals surface area contributed by atoms with Crippen molar-refractivity contribution in [2.24, 2.45) is 17.8 Å². The van der Waals surface area contributed by atoms with Gasteiger partial charge in [0.2, 0.25) is 11.8 Å². The molecule has 1 aromatic carbocycles. The predicted molar refractivity (Wildman–Crippen MR) is 195 cm³/mol. The van der Waals surface area contributed by atoms with E-state index >= 15 is 0 Å². The van der Waals surface area contributed by atoms with E-state index in [9.17, 15) is 19.2 Å². The average Bonchev–Trinajstić information content (AvgIpc) is 3.93. The van der Waals surface area contributed by atoms with Crippen LogP contribution in [0.2, 0.25) is 0 Å². The molecular formula is C39H60N4O8. The SMILES string of the molecule is CCOC[C@H](NC(=O)[C@H]1C[C@@H](C(=O)N(c2ccc3c(c2)N(CCCOC)C(=O)C(C)(C)O3)C2CC2)CN(C(=O)OC(C)(C)C)C1)C1CCCCC1. The summed E-state index contributed by atoms with van der Waals surface area (Å²) in [5, 5.41) is 3.30. The fourth-order valence-electron chi connectivity index (χ4n) is 7.66. The number of hydrogen-bond donors (Lipinski definition) is 1. The van der Waals surface area contributed by atoms with E-state index < -0.39 is 29.1 Å². The second-order valence-electron chi connectivity index (χ2n) is 16.2. The summed E-state index contributed by atoms with van der Waals surface area (Å²) in [6.07, 6.45) is 7.67. The molecule has 2 aliphatic carbocycles. The number of methoxy groups -OCH3 is 1. The van der Waals surface area contributed by atoms with Gasteiger partial charge in [0.15, 0.2) is 5.60 Å². The predicted octanol–water partition coefficient (Wildman–Crippen LogP) is 5.70. The maximum Gasteiger partial charge on any atom is 0.410 e. The number of nitrogens with zero attached hydrogens (tertiary/aromatic N) is 3. The molecule has 12 nitrogen and oxygen atoms in total. The molecule has 284 valence electrons. The molecule has 12 heteroatoms. The van der Waals surface area contributed by atoms with Crippen LogP contribution in [0.1, 0.15) is 99.3 Å². The van der Waals surface area contributed by atoms with Gasteiger partial charge in [0.1, 0.15) is 11.4 Å². The summed E-state index contributed by atoms with van der Waals surface area (Å²) in [5.41, 5.74) is -0.485. The van der Waals surface area contributed by atoms with Crippen molar-refractivity contribution in [1.29, 1.82) is 0 Å². The van der Waals surface area contributed by atoms with E-state index in [0.29, 0.717) is 62.2 Å². The second-order valence-corrected chi connectivity index (χ2v) is 16.2. The zero-order chi connectivity index (χ0) is 36.9. The lowest BCUT2D eigenvalue weighted by Gasteiger charge is -2.41. The van der Waals surface area contributed by atoms with Gasteiger partial charge in [-0.1, -0.05) is 19.3 Å². The lowest BCUT2D eigenvalue weighted by molar-refractivity contribution is -0.133. The Morgan fingerprint density at radius 2 is 1.76 bits per heavy atom. The van der Waals surface area contributed by atoms with Crippen molar-refractivity contribution in [2.45, 2.75) is 123 Å². The number of ether oxygens (including phenoxy) is 4. The van der Waals surface area contributed by atoms with Crippen LogP contribution in [0.3, 0.4) is 0 Å². The number of amides is 4. The number of rotatable bonds is 13. The number of piperidine rings is 1. The van der Waals surface area contributed by atoms with E-state index in [1.807, 2.05) is 50.8 Å². The Morgan fingerprint density at radius 3 is 2.41 bits per heavy atom. The van der Waals surface area contributed by atoms with Crippen molar-refractivity contribution in [3.05, 3.63) is 18.2 Å². The van der Waals surface area contributed by atoms with Gasteiger partial charge in [-0.2, -0.15) is 0 Å². The van der Waals surface area contributed by atoms with E-state index in [1.54, 1.807) is 25.9 Å². The zero-order valence-corrected chi connectivity index (χ0v) is 31.8. The van der Waals surface area contributed by atoms with Crippen molar-refractivity contribution in [3.63, 3.8) is 0 Å². The van der Waals surface area contributed by atoms with Crippen molar-refractivity contribution >= 4 is 35.2 Å². The van der Waals surface area contributed by atoms with Crippen LogP contribution in [0.25, 0.3) is 0 Å². The fraction of sp³-hybridized carbons (Fsp3) is 0.744. The third-order valence-electron chi connectivity index (χ3n) is 10.4. The number of carbonyl (C=O) groups is 4. The van der Waals surface area contributed by atoms with Gasteiger partial charge in [-0.15, -0.1) is 0 Å². The highest BCUT2D eigenvalue weighted by Gasteiger charge is 2.45. The van der Waals surface area contributed by atoms with Crippen molar-refractivity contribution in [1.82, 2.24) is 10.2 Å². The molecule has 0 aromatic heterocycles. The van der Waals surface area contributed by atoms with Gasteiger partial charge in [-0.3, -0.25) is 14.4 Å². The fourth-order valence-corrected chi connectivity index (χ4v) is 7.66. The highest BCUT2D eigenvalue weighted by Crippen LogP contribution is 2.43. The number of benzene rings is 1. The Balaban J connectivity index is 1.42. The van der Waals surface area contributed by atoms with Gasteiger partial charge in [0, 0.05) is 51.7 Å². The third-order valence-corrected chi connectivity index (χ3v) is 10.4. The smallest absolute Gasteiger partial charge is 0.410 e. The highest BCUT2D eigenvalue weighted by atomic mass is 16.6. The number of fused-ring (bicyclic) bond motifs is 1. The van der Waals surface area contributed by atoms with Crippen molar-refractivity contribution in [2.75, 3.05) is 56.4 Å². The summed E-state index contributed by atoms with van der Waals surface area (Å²) < 4.78 is 23.0. The summed E-state index contributed by atoms with van der Waals surface area (Å²) in [6.45, 7) is 13.2. The molecule has 2 saturated carbocycles. The van der Waals surface area contributed by atoms with Crippen LogP contribution in [0.4, 0.5) is 16.2 Å². The first-order valence-corrected chi connectivity index (χ1v) is 19.1. The van der Waals surface area contributed by atoms with E-state index in [1.165, 1.54) is 11.3 Å². The molecule has 0 bridgehead atoms. The van der Waals surface area contributed by atoms with Gasteiger partial charge >= 0.3 is 6.09 Å². The molecular weight excluding hydrogens is 652 g/mol. The molecule has 51 heavy (non-hydrogen) atoms. The number of carbonyl (C=O) groups excluding carboxylic acids is 4. The monoisotopic (exact) mass is 712 g/mol. The molecule has 4 amide bonds. The molecule has 0 unspecified atom stereocenters. The number of nitrogens with one attached hydrogen (secondary N) is 1. The molecule has 1 aromatic rings. The minimum absolute atomic E-state index is 0.0137. The highest BCUT2D eigenvalue weighted by molar-refractivity contribution is 6.04. The number of anilines is 2. The topological polar surface area (TPSA) is 127 Å². The van der Waals surface area contributed by atoms with Crippen LogP contribution in [-0.2, 0) is 28.6 Å². The Bertz CT molecular complexity index is 1400. The molecule has 3 atom stereocenters. The van der Waals surface area contributed by atoms with Crippen LogP contribution < -0.4 is 19.9 Å². The number of hydrogen-bond acceptors (Lipinski definition) is 8. The molecule has 2 heterocycles. The summed E-state index contributed by atoms with van der Waals surface area (Å²) in [5.74, 6) is -0.770. The lowest BCUT2D eigenvalue weighted by Crippen LogP contribution is -2.55. The van der Waals surface area contributed by atoms with E-state index in [-0.39, 0.29) is 42.9 Å². The summed E-state index contributed by atoms with van der Waals surface area (Å²) in [6, 6.07) is 5.44. The molecule has 1 saturated heterocycles. The van der Waals surface area contributed by atoms with Gasteiger partial charge in [-0.25, -0.2) is 4.79 Å². The van der Waals surface area contributed by atoms with Crippen LogP contribution >= 0.6 is 0 Å². The minimum atomic E-state index is -1.03. The Morgan fingerprint density at radius 1 is 1.06 bits per heavy atom. The van der Waals surface area contributed by atoms with E-state index in [0.717, 1.165) is 38.5 Å². The Labute approximate surface area is 303 Å². The molecule has 1 N–H and O–H groups in total. The summed E-state index contributed by atoms with van der Waals surface area (Å²) in [4.78, 5) is 60.9. The molecule has 4 aliphatic rings. The molecule has 2 aliphatic heterocycles. The first-order valence-electron chi connectivity index (χ1n) is 19.1. The lowest BCUT2D eigenvalue weighted by atomic mass is 9.83.